The lowest BCUT2D eigenvalue weighted by Crippen LogP contribution is -2.14. The highest BCUT2D eigenvalue weighted by molar-refractivity contribution is 5.90. The Morgan fingerprint density at radius 3 is 2.57 bits per heavy atom. The summed E-state index contributed by atoms with van der Waals surface area (Å²) in [5.41, 5.74) is 0.648. The Morgan fingerprint density at radius 1 is 1.39 bits per heavy atom. The molecular weight excluding hydrogens is 296 g/mol. The summed E-state index contributed by atoms with van der Waals surface area (Å²) >= 11 is 0. The van der Waals surface area contributed by atoms with E-state index in [-0.39, 0.29) is 17.0 Å². The molecule has 0 saturated carbocycles. The summed E-state index contributed by atoms with van der Waals surface area (Å²) in [5, 5.41) is 13.5. The summed E-state index contributed by atoms with van der Waals surface area (Å²) < 4.78 is 5.69. The molecule has 6 heteroatoms. The summed E-state index contributed by atoms with van der Waals surface area (Å²) in [5.74, 6) is 0.570. The number of amides is 1. The van der Waals surface area contributed by atoms with E-state index in [2.05, 4.69) is 33.0 Å². The molecule has 23 heavy (non-hydrogen) atoms. The van der Waals surface area contributed by atoms with Gasteiger partial charge in [-0.15, -0.1) is 0 Å². The average molecular weight is 322 g/mol. The van der Waals surface area contributed by atoms with Crippen LogP contribution in [0.2, 0.25) is 0 Å². The number of hydrogen-bond acceptors (Lipinski definition) is 4. The normalized spacial score (nSPS) is 12.6. The largest absolute Gasteiger partial charge is 0.491 e. The van der Waals surface area contributed by atoms with Crippen molar-refractivity contribution >= 4 is 17.3 Å². The highest BCUT2D eigenvalue weighted by Crippen LogP contribution is 2.30. The number of hydrogen-bond donors (Lipinski definition) is 1. The summed E-state index contributed by atoms with van der Waals surface area (Å²) in [4.78, 5) is 21.6. The first kappa shape index (κ1) is 18.9. The van der Waals surface area contributed by atoms with E-state index in [9.17, 15) is 14.9 Å². The third-order valence-corrected chi connectivity index (χ3v) is 3.32. The fourth-order valence-electron chi connectivity index (χ4n) is 2.55. The highest BCUT2D eigenvalue weighted by atomic mass is 16.6. The van der Waals surface area contributed by atoms with Crippen LogP contribution in [0.3, 0.4) is 0 Å². The quantitative estimate of drug-likeness (QED) is 0.596. The Kier molecular flexibility index (Phi) is 6.54. The maximum Gasteiger partial charge on any atom is 0.273 e. The maximum atomic E-state index is 11.2. The number of nitro groups is 1. The number of rotatable bonds is 7. The van der Waals surface area contributed by atoms with Gasteiger partial charge in [0.05, 0.1) is 23.3 Å². The van der Waals surface area contributed by atoms with Crippen molar-refractivity contribution in [3.05, 3.63) is 28.3 Å². The van der Waals surface area contributed by atoms with Gasteiger partial charge in [0.15, 0.2) is 0 Å². The van der Waals surface area contributed by atoms with Crippen molar-refractivity contribution in [1.29, 1.82) is 0 Å². The standard InChI is InChI=1S/C17H26N2O4/c1-12(11-17(3,4)5)8-9-23-16-10-14(19(21)22)6-7-15(16)18-13(2)20/h6-7,10,12H,8-9,11H2,1-5H3,(H,18,20). The molecule has 0 fully saturated rings. The third kappa shape index (κ3) is 7.13. The first-order chi connectivity index (χ1) is 10.6. The van der Waals surface area contributed by atoms with Crippen LogP contribution in [0.15, 0.2) is 18.2 Å². The van der Waals surface area contributed by atoms with Crippen LogP contribution in [0.4, 0.5) is 11.4 Å². The van der Waals surface area contributed by atoms with E-state index in [0.717, 1.165) is 12.8 Å². The molecule has 0 aromatic heterocycles. The molecule has 1 atom stereocenters. The zero-order chi connectivity index (χ0) is 17.6. The van der Waals surface area contributed by atoms with Crippen LogP contribution < -0.4 is 10.1 Å². The van der Waals surface area contributed by atoms with Crippen LogP contribution in [0.5, 0.6) is 5.75 Å². The van der Waals surface area contributed by atoms with E-state index in [1.54, 1.807) is 0 Å². The second-order valence-corrected chi connectivity index (χ2v) is 7.13. The van der Waals surface area contributed by atoms with Gasteiger partial charge in [-0.25, -0.2) is 0 Å². The van der Waals surface area contributed by atoms with Crippen molar-refractivity contribution in [1.82, 2.24) is 0 Å². The molecule has 1 aromatic rings. The molecule has 1 amide bonds. The monoisotopic (exact) mass is 322 g/mol. The van der Waals surface area contributed by atoms with Crippen LogP contribution in [0.1, 0.15) is 47.5 Å². The Balaban J connectivity index is 2.74. The lowest BCUT2D eigenvalue weighted by atomic mass is 9.84. The highest BCUT2D eigenvalue weighted by Gasteiger charge is 2.16. The van der Waals surface area contributed by atoms with Gasteiger partial charge in [0, 0.05) is 13.0 Å². The number of nitrogens with one attached hydrogen (secondary N) is 1. The molecule has 0 aliphatic rings. The molecule has 0 aliphatic heterocycles. The number of nitro benzene ring substituents is 1. The molecule has 0 heterocycles. The topological polar surface area (TPSA) is 81.5 Å². The van der Waals surface area contributed by atoms with Gasteiger partial charge >= 0.3 is 0 Å². The lowest BCUT2D eigenvalue weighted by molar-refractivity contribution is -0.384. The van der Waals surface area contributed by atoms with Crippen molar-refractivity contribution in [3.8, 4) is 5.75 Å². The minimum absolute atomic E-state index is 0.0585. The van der Waals surface area contributed by atoms with Gasteiger partial charge < -0.3 is 10.1 Å². The molecule has 0 radical (unpaired) electrons. The third-order valence-electron chi connectivity index (χ3n) is 3.32. The number of ether oxygens (including phenoxy) is 1. The Morgan fingerprint density at radius 2 is 2.04 bits per heavy atom. The first-order valence-electron chi connectivity index (χ1n) is 7.77. The fraction of sp³-hybridized carbons (Fsp3) is 0.588. The van der Waals surface area contributed by atoms with Crippen LogP contribution in [-0.4, -0.2) is 17.4 Å². The second-order valence-electron chi connectivity index (χ2n) is 7.13. The van der Waals surface area contributed by atoms with E-state index < -0.39 is 4.92 Å². The predicted molar refractivity (Wildman–Crippen MR) is 90.7 cm³/mol. The zero-order valence-electron chi connectivity index (χ0n) is 14.5. The summed E-state index contributed by atoms with van der Waals surface area (Å²) in [6.07, 6.45) is 1.92. The van der Waals surface area contributed by atoms with Gasteiger partial charge in [-0.05, 0) is 30.2 Å². The second kappa shape index (κ2) is 7.94. The Bertz CT molecular complexity index is 564. The number of benzene rings is 1. The van der Waals surface area contributed by atoms with Crippen molar-refractivity contribution in [2.24, 2.45) is 11.3 Å². The smallest absolute Gasteiger partial charge is 0.273 e. The predicted octanol–water partition coefficient (Wildman–Crippen LogP) is 4.39. The van der Waals surface area contributed by atoms with E-state index >= 15 is 0 Å². The van der Waals surface area contributed by atoms with E-state index in [1.165, 1.54) is 25.1 Å². The molecule has 0 aliphatic carbocycles. The number of carbonyl (C=O) groups is 1. The lowest BCUT2D eigenvalue weighted by Gasteiger charge is -2.23. The van der Waals surface area contributed by atoms with E-state index in [1.807, 2.05) is 0 Å². The molecule has 6 nitrogen and oxygen atoms in total. The SMILES string of the molecule is CC(=O)Nc1ccc([N+](=O)[O-])cc1OCCC(C)CC(C)(C)C. The molecule has 1 unspecified atom stereocenters. The van der Waals surface area contributed by atoms with Gasteiger partial charge in [-0.1, -0.05) is 27.7 Å². The van der Waals surface area contributed by atoms with Crippen molar-refractivity contribution in [2.75, 3.05) is 11.9 Å². The van der Waals surface area contributed by atoms with Gasteiger partial charge in [0.1, 0.15) is 5.75 Å². The molecular formula is C17H26N2O4. The van der Waals surface area contributed by atoms with Gasteiger partial charge in [0.25, 0.3) is 5.69 Å². The molecule has 128 valence electrons. The summed E-state index contributed by atoms with van der Waals surface area (Å²) in [7, 11) is 0. The molecule has 1 rings (SSSR count). The summed E-state index contributed by atoms with van der Waals surface area (Å²) in [6.45, 7) is 10.6. The van der Waals surface area contributed by atoms with Crippen molar-refractivity contribution < 1.29 is 14.5 Å². The average Bonchev–Trinajstić information content (AvgIpc) is 2.37. The Labute approximate surface area is 137 Å². The fourth-order valence-corrected chi connectivity index (χ4v) is 2.55. The minimum atomic E-state index is -0.480. The molecule has 1 N–H and O–H groups in total. The number of non-ortho nitro benzene ring substituents is 1. The van der Waals surface area contributed by atoms with Crippen LogP contribution >= 0.6 is 0 Å². The summed E-state index contributed by atoms with van der Waals surface area (Å²) in [6, 6.07) is 4.19. The number of carbonyl (C=O) groups excluding carboxylic acids is 1. The van der Waals surface area contributed by atoms with Crippen molar-refractivity contribution in [3.63, 3.8) is 0 Å². The van der Waals surface area contributed by atoms with E-state index in [4.69, 9.17) is 4.74 Å². The van der Waals surface area contributed by atoms with Gasteiger partial charge in [0.2, 0.25) is 5.91 Å². The molecule has 1 aromatic carbocycles. The van der Waals surface area contributed by atoms with E-state index in [0.29, 0.717) is 24.0 Å². The number of nitrogens with zero attached hydrogens (tertiary/aromatic N) is 1. The minimum Gasteiger partial charge on any atom is -0.491 e. The van der Waals surface area contributed by atoms with Crippen LogP contribution in [-0.2, 0) is 4.79 Å². The molecule has 0 bridgehead atoms. The van der Waals surface area contributed by atoms with Crippen molar-refractivity contribution in [2.45, 2.75) is 47.5 Å². The zero-order valence-corrected chi connectivity index (χ0v) is 14.5. The maximum absolute atomic E-state index is 11.2. The van der Waals surface area contributed by atoms with Crippen LogP contribution in [0, 0.1) is 21.4 Å². The Hall–Kier alpha value is -2.11. The van der Waals surface area contributed by atoms with Gasteiger partial charge in [-0.2, -0.15) is 0 Å². The molecule has 0 saturated heterocycles. The first-order valence-corrected chi connectivity index (χ1v) is 7.77. The van der Waals surface area contributed by atoms with Gasteiger partial charge in [-0.3, -0.25) is 14.9 Å². The molecule has 0 spiro atoms. The van der Waals surface area contributed by atoms with Crippen LogP contribution in [0.25, 0.3) is 0 Å². The number of anilines is 1.